The van der Waals surface area contributed by atoms with Crippen molar-refractivity contribution in [3.63, 3.8) is 0 Å². The molecule has 0 bridgehead atoms. The number of amides is 2. The maximum atomic E-state index is 13.5. The summed E-state index contributed by atoms with van der Waals surface area (Å²) in [4.78, 5) is 88.2. The molecule has 2 amide bonds. The third-order valence-corrected chi connectivity index (χ3v) is 21.2. The number of carbonyl (C=O) groups is 5. The van der Waals surface area contributed by atoms with Crippen molar-refractivity contribution in [2.75, 3.05) is 39.5 Å². The molecule has 0 aliphatic heterocycles. The fourth-order valence-corrected chi connectivity index (χ4v) is 14.3. The fourth-order valence-electron chi connectivity index (χ4n) is 12.8. The molecule has 0 fully saturated rings. The van der Waals surface area contributed by atoms with Gasteiger partial charge < -0.3 is 42.2 Å². The Morgan fingerprint density at radius 1 is 0.269 bits per heavy atom. The second kappa shape index (κ2) is 80.4. The van der Waals surface area contributed by atoms with E-state index in [2.05, 4.69) is 52.2 Å². The Morgan fingerprint density at radius 2 is 0.442 bits per heavy atom. The molecule has 0 rings (SSSR count). The summed E-state index contributed by atoms with van der Waals surface area (Å²) in [6.07, 6.45) is 55.3. The summed E-state index contributed by atoms with van der Waals surface area (Å²) in [5, 5.41) is 5.01. The number of urea groups is 1. The van der Waals surface area contributed by atoms with Crippen molar-refractivity contribution >= 4 is 45.6 Å². The first-order valence-electron chi connectivity index (χ1n) is 42.6. The van der Waals surface area contributed by atoms with Gasteiger partial charge in [0.15, 0.2) is 0 Å². The monoisotopic (exact) mass is 1540 g/mol. The van der Waals surface area contributed by atoms with Crippen LogP contribution in [0.4, 0.5) is 4.79 Å². The molecule has 104 heavy (non-hydrogen) atoms. The van der Waals surface area contributed by atoms with E-state index >= 15 is 0 Å². The zero-order valence-electron chi connectivity index (χ0n) is 70.4. The minimum absolute atomic E-state index is 0. The molecule has 0 aliphatic carbocycles. The van der Waals surface area contributed by atoms with Crippen LogP contribution in [0.15, 0.2) is 0 Å². The van der Waals surface area contributed by atoms with E-state index < -0.39 is 71.2 Å². The number of rotatable bonds is 80. The number of carbonyl (C=O) groups excluding carboxylic acids is 5. The predicted octanol–water partition coefficient (Wildman–Crippen LogP) is 18.0. The summed E-state index contributed by atoms with van der Waals surface area (Å²) in [6, 6.07) is -0.714. The Hall–Kier alpha value is -0.630. The van der Waals surface area contributed by atoms with E-state index in [0.29, 0.717) is 38.5 Å². The van der Waals surface area contributed by atoms with Gasteiger partial charge in [-0.15, -0.1) is 0 Å². The van der Waals surface area contributed by atoms with Crippen molar-refractivity contribution in [1.82, 2.24) is 10.6 Å². The number of hydrogen-bond acceptors (Lipinski definition) is 15. The molecular weight excluding hydrogens is 1380 g/mol. The predicted molar refractivity (Wildman–Crippen MR) is 418 cm³/mol. The SMILES string of the molecule is CCCCCCCCCCCCC(=O)O[C@H](CCOP(=O)(O)OCCNC(=O)NCCOP(=O)(O)OCC[C@@H](OC(=O)CCCCCCCCCCCC)C(CCCCCCCCCC)OC(=O)CCCCCCCCCC)C(CCCCCCCCCC)OC(=O)CCCCCCCCCC.[H-].[H-].[Na+].[Na+]. The molecule has 0 aromatic heterocycles. The molecule has 0 spiro atoms. The summed E-state index contributed by atoms with van der Waals surface area (Å²) in [7, 11) is -9.38. The molecule has 4 unspecified atom stereocenters. The molecule has 0 saturated heterocycles. The van der Waals surface area contributed by atoms with Crippen LogP contribution in [-0.4, -0.2) is 104 Å². The first-order valence-corrected chi connectivity index (χ1v) is 45.6. The molecule has 19 nitrogen and oxygen atoms in total. The largest absolute Gasteiger partial charge is 1.00 e. The molecule has 6 atom stereocenters. The number of ether oxygens (including phenoxy) is 4. The summed E-state index contributed by atoms with van der Waals surface area (Å²) >= 11 is 0. The zero-order valence-corrected chi connectivity index (χ0v) is 74.2. The van der Waals surface area contributed by atoms with Gasteiger partial charge >= 0.3 is 105 Å². The second-order valence-electron chi connectivity index (χ2n) is 29.0. The Bertz CT molecular complexity index is 1920. The van der Waals surface area contributed by atoms with Crippen LogP contribution in [0.25, 0.3) is 0 Å². The number of unbranched alkanes of at least 4 members (excludes halogenated alkanes) is 46. The number of hydrogen-bond donors (Lipinski definition) is 4. The standard InChI is InChI=1S/C81H158N2O17P2.2Na.2H/c1-7-13-19-25-31-37-39-45-51-57-63-79(86)99-75(73(59-53-47-41-33-27-21-15-9-3)97-77(84)61-55-49-43-35-29-23-17-11-5)65-69-93-101(89,90)95-71-67-82-81(88)83-68-72-96-102(91,92)94-70-66-76(100-80(87)64-58-52-46-40-38-32-26-20-14-8-2)74(60-54-48-42-34-28-22-16-10-4)98-78(85)62-56-50-44-36-30-24-18-12-6;;;;/h73-76H,7-72H2,1-6H3,(H,89,90)(H,91,92)(H2,82,83,88);;;;/q;2*+1;2*-1/t73?,74?,75-,76-;;;;/m1..../s1. The number of esters is 4. The quantitative estimate of drug-likeness (QED) is 0.0145. The molecule has 23 heteroatoms. The van der Waals surface area contributed by atoms with Crippen LogP contribution in [0, 0.1) is 0 Å². The van der Waals surface area contributed by atoms with Gasteiger partial charge in [0.2, 0.25) is 0 Å². The van der Waals surface area contributed by atoms with Crippen LogP contribution in [0.2, 0.25) is 0 Å². The normalized spacial score (nSPS) is 13.7. The average Bonchev–Trinajstić information content (AvgIpc) is 0.889. The van der Waals surface area contributed by atoms with Gasteiger partial charge in [-0.25, -0.2) is 13.9 Å². The minimum atomic E-state index is -4.69. The van der Waals surface area contributed by atoms with Crippen LogP contribution in [0.1, 0.15) is 430 Å². The summed E-state index contributed by atoms with van der Waals surface area (Å²) < 4.78 is 72.1. The summed E-state index contributed by atoms with van der Waals surface area (Å²) in [5.41, 5.74) is 0. The van der Waals surface area contributed by atoms with Gasteiger partial charge in [0, 0.05) is 51.6 Å². The maximum Gasteiger partial charge on any atom is 1.00 e. The van der Waals surface area contributed by atoms with E-state index in [1.807, 2.05) is 0 Å². The average molecular weight is 1540 g/mol. The van der Waals surface area contributed by atoms with Crippen molar-refractivity contribution in [1.29, 1.82) is 0 Å². The first-order chi connectivity index (χ1) is 49.6. The van der Waals surface area contributed by atoms with Crippen LogP contribution >= 0.6 is 15.6 Å². The first kappa shape index (κ1) is 108. The van der Waals surface area contributed by atoms with Crippen molar-refractivity contribution < 1.29 is 142 Å². The van der Waals surface area contributed by atoms with E-state index in [9.17, 15) is 42.9 Å². The van der Waals surface area contributed by atoms with Gasteiger partial charge in [-0.05, 0) is 51.4 Å². The molecule has 0 radical (unpaired) electrons. The van der Waals surface area contributed by atoms with E-state index in [-0.39, 0.29) is 139 Å². The van der Waals surface area contributed by atoms with Crippen LogP contribution in [0.5, 0.6) is 0 Å². The molecular formula is C81H160N2Na2O17P2. The molecule has 0 heterocycles. The summed E-state index contributed by atoms with van der Waals surface area (Å²) in [5.74, 6) is -1.53. The molecule has 608 valence electrons. The topological polar surface area (TPSA) is 258 Å². The minimum Gasteiger partial charge on any atom is -1.00 e. The Kier molecular flexibility index (Phi) is 83.2. The molecule has 0 saturated carbocycles. The Labute approximate surface area is 683 Å². The maximum absolute atomic E-state index is 13.5. The molecule has 0 aromatic carbocycles. The zero-order chi connectivity index (χ0) is 74.9. The third kappa shape index (κ3) is 74.1. The number of nitrogens with one attached hydrogen (secondary N) is 2. The molecule has 0 aromatic rings. The van der Waals surface area contributed by atoms with Crippen molar-refractivity contribution in [3.05, 3.63) is 0 Å². The van der Waals surface area contributed by atoms with Gasteiger partial charge in [-0.3, -0.25) is 37.3 Å². The van der Waals surface area contributed by atoms with Gasteiger partial charge in [0.05, 0.1) is 26.4 Å². The third-order valence-electron chi connectivity index (χ3n) is 19.2. The van der Waals surface area contributed by atoms with Crippen molar-refractivity contribution in [3.8, 4) is 0 Å². The van der Waals surface area contributed by atoms with E-state index in [1.165, 1.54) is 180 Å². The van der Waals surface area contributed by atoms with Gasteiger partial charge in [0.1, 0.15) is 24.4 Å². The van der Waals surface area contributed by atoms with Crippen LogP contribution in [-0.2, 0) is 65.4 Å². The Balaban J connectivity index is -0.00000850. The van der Waals surface area contributed by atoms with E-state index in [0.717, 1.165) is 128 Å². The van der Waals surface area contributed by atoms with Gasteiger partial charge in [-0.1, -0.05) is 337 Å². The van der Waals surface area contributed by atoms with Crippen LogP contribution < -0.4 is 69.7 Å². The van der Waals surface area contributed by atoms with Gasteiger partial charge in [0.25, 0.3) is 0 Å². The van der Waals surface area contributed by atoms with E-state index in [1.54, 1.807) is 0 Å². The van der Waals surface area contributed by atoms with Gasteiger partial charge in [-0.2, -0.15) is 0 Å². The fraction of sp³-hybridized carbons (Fsp3) is 0.938. The molecule has 4 N–H and O–H groups in total. The van der Waals surface area contributed by atoms with Crippen LogP contribution in [0.3, 0.4) is 0 Å². The van der Waals surface area contributed by atoms with Crippen molar-refractivity contribution in [2.24, 2.45) is 0 Å². The Morgan fingerprint density at radius 3 is 0.654 bits per heavy atom. The summed E-state index contributed by atoms with van der Waals surface area (Å²) in [6.45, 7) is 11.3. The number of phosphoric ester groups is 2. The second-order valence-corrected chi connectivity index (χ2v) is 31.9. The number of phosphoric acid groups is 2. The smallest absolute Gasteiger partial charge is 1.00 e. The van der Waals surface area contributed by atoms with Crippen molar-refractivity contribution in [2.45, 2.75) is 451 Å². The van der Waals surface area contributed by atoms with E-state index in [4.69, 9.17) is 37.0 Å². The molecule has 0 aliphatic rings.